The second kappa shape index (κ2) is 5.83. The third-order valence-corrected chi connectivity index (χ3v) is 4.15. The summed E-state index contributed by atoms with van der Waals surface area (Å²) in [5.41, 5.74) is 6.48. The summed E-state index contributed by atoms with van der Waals surface area (Å²) in [6.45, 7) is 8.18. The minimum atomic E-state index is -1.06. The molecule has 0 unspecified atom stereocenters. The Labute approximate surface area is 130 Å². The number of rotatable bonds is 4. The van der Waals surface area contributed by atoms with Gasteiger partial charge >= 0.3 is 13.1 Å². The lowest BCUT2D eigenvalue weighted by atomic mass is 9.77. The normalized spacial score (nSPS) is 20.2. The summed E-state index contributed by atoms with van der Waals surface area (Å²) in [4.78, 5) is 14.7. The SMILES string of the molecule is CC1(C)OB(C(=Cc2ccc(C(=O)O)nc2)CN)OC1(C)C. The third-order valence-electron chi connectivity index (χ3n) is 4.15. The molecule has 1 saturated heterocycles. The van der Waals surface area contributed by atoms with E-state index in [1.807, 2.05) is 33.8 Å². The Morgan fingerprint density at radius 1 is 1.32 bits per heavy atom. The Kier molecular flexibility index (Phi) is 4.42. The lowest BCUT2D eigenvalue weighted by molar-refractivity contribution is 0.00578. The molecule has 0 saturated carbocycles. The number of pyridine rings is 1. The first kappa shape index (κ1) is 16.7. The van der Waals surface area contributed by atoms with Crippen LogP contribution in [-0.2, 0) is 9.31 Å². The van der Waals surface area contributed by atoms with E-state index < -0.39 is 24.3 Å². The quantitative estimate of drug-likeness (QED) is 0.823. The predicted octanol–water partition coefficient (Wildman–Crippen LogP) is 1.75. The van der Waals surface area contributed by atoms with E-state index in [0.717, 1.165) is 11.0 Å². The molecule has 22 heavy (non-hydrogen) atoms. The molecule has 1 aliphatic rings. The van der Waals surface area contributed by atoms with Gasteiger partial charge in [0.15, 0.2) is 0 Å². The van der Waals surface area contributed by atoms with Gasteiger partial charge < -0.3 is 20.1 Å². The van der Waals surface area contributed by atoms with Gasteiger partial charge in [-0.05, 0) is 44.8 Å². The van der Waals surface area contributed by atoms with Crippen LogP contribution in [0.5, 0.6) is 0 Å². The zero-order valence-corrected chi connectivity index (χ0v) is 13.3. The van der Waals surface area contributed by atoms with Gasteiger partial charge in [-0.1, -0.05) is 12.1 Å². The largest absolute Gasteiger partial charge is 0.491 e. The standard InChI is InChI=1S/C15H21BN2O4/c1-14(2)15(3,4)22-16(21-14)11(8-17)7-10-5-6-12(13(19)20)18-9-10/h5-7,9H,8,17H2,1-4H3,(H,19,20). The molecule has 0 spiro atoms. The van der Waals surface area contributed by atoms with Crippen molar-refractivity contribution in [3.05, 3.63) is 35.1 Å². The van der Waals surface area contributed by atoms with Gasteiger partial charge in [0.25, 0.3) is 0 Å². The number of carboxylic acids is 1. The number of aromatic carboxylic acids is 1. The maximum Gasteiger partial charge on any atom is 0.491 e. The molecule has 3 N–H and O–H groups in total. The number of nitrogens with zero attached hydrogens (tertiary/aromatic N) is 1. The van der Waals surface area contributed by atoms with Crippen LogP contribution < -0.4 is 5.73 Å². The Balaban J connectivity index is 2.23. The molecule has 6 nitrogen and oxygen atoms in total. The van der Waals surface area contributed by atoms with Crippen molar-refractivity contribution >= 4 is 19.2 Å². The minimum absolute atomic E-state index is 0.00193. The van der Waals surface area contributed by atoms with Crippen LogP contribution in [-0.4, -0.2) is 40.9 Å². The Bertz CT molecular complexity index is 580. The number of nitrogens with two attached hydrogens (primary N) is 1. The van der Waals surface area contributed by atoms with Gasteiger partial charge in [0, 0.05) is 12.7 Å². The lowest BCUT2D eigenvalue weighted by Gasteiger charge is -2.32. The molecule has 1 aromatic heterocycles. The maximum atomic E-state index is 10.8. The molecule has 0 atom stereocenters. The fraction of sp³-hybridized carbons (Fsp3) is 0.467. The fourth-order valence-electron chi connectivity index (χ4n) is 2.05. The molecular weight excluding hydrogens is 283 g/mol. The van der Waals surface area contributed by atoms with Crippen molar-refractivity contribution in [3.63, 3.8) is 0 Å². The van der Waals surface area contributed by atoms with Crippen molar-refractivity contribution in [2.45, 2.75) is 38.9 Å². The van der Waals surface area contributed by atoms with Crippen LogP contribution in [0.15, 0.2) is 23.8 Å². The van der Waals surface area contributed by atoms with Gasteiger partial charge in [0.2, 0.25) is 0 Å². The first-order valence-corrected chi connectivity index (χ1v) is 7.12. The number of hydrogen-bond donors (Lipinski definition) is 2. The predicted molar refractivity (Wildman–Crippen MR) is 84.3 cm³/mol. The van der Waals surface area contributed by atoms with E-state index >= 15 is 0 Å². The van der Waals surface area contributed by atoms with Crippen LogP contribution in [0.4, 0.5) is 0 Å². The molecule has 1 aliphatic heterocycles. The summed E-state index contributed by atoms with van der Waals surface area (Å²) < 4.78 is 11.9. The van der Waals surface area contributed by atoms with E-state index in [9.17, 15) is 4.79 Å². The molecule has 1 aromatic rings. The number of carboxylic acid groups (broad SMARTS) is 1. The summed E-state index contributed by atoms with van der Waals surface area (Å²) in [5, 5.41) is 8.85. The van der Waals surface area contributed by atoms with Gasteiger partial charge in [-0.25, -0.2) is 9.78 Å². The van der Waals surface area contributed by atoms with Crippen molar-refractivity contribution in [1.82, 2.24) is 4.98 Å². The molecule has 0 radical (unpaired) electrons. The number of aromatic nitrogens is 1. The fourth-order valence-corrected chi connectivity index (χ4v) is 2.05. The van der Waals surface area contributed by atoms with E-state index in [1.165, 1.54) is 12.3 Å². The van der Waals surface area contributed by atoms with Gasteiger partial charge in [-0.15, -0.1) is 0 Å². The summed E-state index contributed by atoms with van der Waals surface area (Å²) in [6.07, 6.45) is 3.31. The molecule has 0 aromatic carbocycles. The topological polar surface area (TPSA) is 94.7 Å². The van der Waals surface area contributed by atoms with Crippen molar-refractivity contribution in [1.29, 1.82) is 0 Å². The molecule has 0 bridgehead atoms. The summed E-state index contributed by atoms with van der Waals surface area (Å²) in [7, 11) is -0.519. The van der Waals surface area contributed by atoms with Gasteiger partial charge in [-0.3, -0.25) is 0 Å². The molecule has 0 aliphatic carbocycles. The van der Waals surface area contributed by atoms with Gasteiger partial charge in [-0.2, -0.15) is 0 Å². The Morgan fingerprint density at radius 2 is 1.91 bits per heavy atom. The highest BCUT2D eigenvalue weighted by Crippen LogP contribution is 2.38. The highest BCUT2D eigenvalue weighted by Gasteiger charge is 2.52. The van der Waals surface area contributed by atoms with Crippen LogP contribution in [0, 0.1) is 0 Å². The van der Waals surface area contributed by atoms with Crippen molar-refractivity contribution < 1.29 is 19.2 Å². The average Bonchev–Trinajstić information content (AvgIpc) is 2.65. The molecule has 118 valence electrons. The van der Waals surface area contributed by atoms with Gasteiger partial charge in [0.05, 0.1) is 11.2 Å². The maximum absolute atomic E-state index is 10.8. The average molecular weight is 304 g/mol. The zero-order chi connectivity index (χ0) is 16.5. The summed E-state index contributed by atoms with van der Waals surface area (Å²) >= 11 is 0. The minimum Gasteiger partial charge on any atom is -0.477 e. The Hall–Kier alpha value is -1.70. The van der Waals surface area contributed by atoms with Crippen LogP contribution >= 0.6 is 0 Å². The first-order valence-electron chi connectivity index (χ1n) is 7.12. The van der Waals surface area contributed by atoms with Crippen LogP contribution in [0.3, 0.4) is 0 Å². The van der Waals surface area contributed by atoms with Crippen LogP contribution in [0.1, 0.15) is 43.7 Å². The first-order chi connectivity index (χ1) is 10.2. The summed E-state index contributed by atoms with van der Waals surface area (Å²) in [5.74, 6) is -1.06. The highest BCUT2D eigenvalue weighted by molar-refractivity contribution is 6.55. The zero-order valence-electron chi connectivity index (χ0n) is 13.3. The smallest absolute Gasteiger partial charge is 0.477 e. The molecule has 7 heteroatoms. The second-order valence-electron chi connectivity index (χ2n) is 6.29. The monoisotopic (exact) mass is 304 g/mol. The van der Waals surface area contributed by atoms with E-state index in [0.29, 0.717) is 0 Å². The van der Waals surface area contributed by atoms with Crippen molar-refractivity contribution in [2.24, 2.45) is 5.73 Å². The van der Waals surface area contributed by atoms with Crippen LogP contribution in [0.2, 0.25) is 0 Å². The van der Waals surface area contributed by atoms with Crippen molar-refractivity contribution in [3.8, 4) is 0 Å². The lowest BCUT2D eigenvalue weighted by Crippen LogP contribution is -2.41. The molecule has 2 rings (SSSR count). The molecule has 1 fully saturated rings. The Morgan fingerprint density at radius 3 is 2.32 bits per heavy atom. The summed E-state index contributed by atoms with van der Waals surface area (Å²) in [6, 6.07) is 3.13. The van der Waals surface area contributed by atoms with E-state index in [-0.39, 0.29) is 12.2 Å². The van der Waals surface area contributed by atoms with E-state index in [1.54, 1.807) is 6.07 Å². The number of carbonyl (C=O) groups is 1. The molecular formula is C15H21BN2O4. The van der Waals surface area contributed by atoms with Crippen molar-refractivity contribution in [2.75, 3.05) is 6.54 Å². The van der Waals surface area contributed by atoms with E-state index in [2.05, 4.69) is 4.98 Å². The highest BCUT2D eigenvalue weighted by atomic mass is 16.7. The van der Waals surface area contributed by atoms with E-state index in [4.69, 9.17) is 20.1 Å². The van der Waals surface area contributed by atoms with Crippen LogP contribution in [0.25, 0.3) is 6.08 Å². The third kappa shape index (κ3) is 3.21. The van der Waals surface area contributed by atoms with Gasteiger partial charge in [0.1, 0.15) is 5.69 Å². The molecule has 2 heterocycles. The second-order valence-corrected chi connectivity index (χ2v) is 6.29. The number of hydrogen-bond acceptors (Lipinski definition) is 5. The molecule has 0 amide bonds.